The summed E-state index contributed by atoms with van der Waals surface area (Å²) in [5, 5.41) is 4.95. The van der Waals surface area contributed by atoms with E-state index in [0.29, 0.717) is 58.0 Å². The van der Waals surface area contributed by atoms with Crippen LogP contribution >= 0.6 is 0 Å². The van der Waals surface area contributed by atoms with E-state index in [1.165, 1.54) is 6.20 Å². The Hall–Kier alpha value is -5.64. The summed E-state index contributed by atoms with van der Waals surface area (Å²) in [5.41, 5.74) is 5.01. The van der Waals surface area contributed by atoms with Gasteiger partial charge in [-0.05, 0) is 77.6 Å². The topological polar surface area (TPSA) is 89.6 Å². The Morgan fingerprint density at radius 3 is 2.33 bits per heavy atom. The summed E-state index contributed by atoms with van der Waals surface area (Å²) < 4.78 is 51.4. The lowest BCUT2D eigenvalue weighted by molar-refractivity contribution is -0.138. The normalized spacial score (nSPS) is 13.3. The quantitative estimate of drug-likeness (QED) is 0.157. The fourth-order valence-electron chi connectivity index (χ4n) is 5.92. The molecule has 2 amide bonds. The Kier molecular flexibility index (Phi) is 9.16. The number of carbonyl (C=O) groups is 2. The van der Waals surface area contributed by atoms with Crippen molar-refractivity contribution in [1.82, 2.24) is 10.3 Å². The Morgan fingerprint density at radius 2 is 1.58 bits per heavy atom. The van der Waals surface area contributed by atoms with Crippen molar-refractivity contribution in [3.63, 3.8) is 0 Å². The van der Waals surface area contributed by atoms with Gasteiger partial charge in [-0.15, -0.1) is 0 Å². The monoisotopic (exact) mass is 651 g/mol. The standard InChI is InChI=1S/C38H32F3N3O4/c1-3-11-29-32(19-18-28-26-14-7-8-15-27(26)34(33(28)29)36(46)43-22-38(39,40)41)48-37-23(2)20-24(21-42-37)44-35(45)30-16-9-10-17-31(30)47-25-12-5-4-6-13-25/h4-10,12-21,34H,3,11,22H2,1-2H3,(H,43,46)(H,44,45). The van der Waals surface area contributed by atoms with Crippen molar-refractivity contribution < 1.29 is 32.2 Å². The fraction of sp³-hybridized carbons (Fsp3) is 0.184. The highest BCUT2D eigenvalue weighted by Gasteiger charge is 2.38. The number of halogens is 3. The second-order valence-electron chi connectivity index (χ2n) is 11.4. The number of carbonyl (C=O) groups excluding carboxylic acids is 2. The van der Waals surface area contributed by atoms with Crippen LogP contribution in [0.25, 0.3) is 11.1 Å². The maximum Gasteiger partial charge on any atom is 0.405 e. The van der Waals surface area contributed by atoms with Crippen molar-refractivity contribution in [2.45, 2.75) is 38.8 Å². The molecule has 1 aliphatic carbocycles. The van der Waals surface area contributed by atoms with Gasteiger partial charge in [0.15, 0.2) is 0 Å². The molecule has 0 saturated carbocycles. The molecule has 1 unspecified atom stereocenters. The number of nitrogens with one attached hydrogen (secondary N) is 2. The van der Waals surface area contributed by atoms with E-state index in [9.17, 15) is 22.8 Å². The first-order chi connectivity index (χ1) is 23.1. The molecule has 5 aromatic rings. The fourth-order valence-corrected chi connectivity index (χ4v) is 5.92. The number of pyridine rings is 1. The average molecular weight is 652 g/mol. The third kappa shape index (κ3) is 6.88. The predicted molar refractivity (Wildman–Crippen MR) is 177 cm³/mol. The lowest BCUT2D eigenvalue weighted by Gasteiger charge is -2.20. The number of aromatic nitrogens is 1. The Labute approximate surface area is 275 Å². The van der Waals surface area contributed by atoms with Gasteiger partial charge in [-0.2, -0.15) is 13.2 Å². The van der Waals surface area contributed by atoms with E-state index >= 15 is 0 Å². The number of rotatable bonds is 10. The molecule has 1 atom stereocenters. The number of ether oxygens (including phenoxy) is 2. The van der Waals surface area contributed by atoms with Gasteiger partial charge < -0.3 is 20.1 Å². The molecule has 1 heterocycles. The van der Waals surface area contributed by atoms with Crippen LogP contribution in [0, 0.1) is 6.92 Å². The smallest absolute Gasteiger partial charge is 0.405 e. The Bertz CT molecular complexity index is 1980. The van der Waals surface area contributed by atoms with Gasteiger partial charge in [0, 0.05) is 5.56 Å². The highest BCUT2D eigenvalue weighted by molar-refractivity contribution is 6.06. The molecule has 1 aromatic heterocycles. The van der Waals surface area contributed by atoms with Gasteiger partial charge in [0.05, 0.1) is 23.4 Å². The van der Waals surface area contributed by atoms with Crippen LogP contribution in [0.15, 0.2) is 103 Å². The molecule has 0 fully saturated rings. The Morgan fingerprint density at radius 1 is 0.854 bits per heavy atom. The van der Waals surface area contributed by atoms with Crippen molar-refractivity contribution >= 4 is 17.5 Å². The SMILES string of the molecule is CCCc1c(Oc2ncc(NC(=O)c3ccccc3Oc3ccccc3)cc2C)ccc2c1C(C(=O)NCC(F)(F)F)c1ccccc1-2. The Balaban J connectivity index is 1.26. The number of benzene rings is 4. The second kappa shape index (κ2) is 13.6. The molecule has 0 radical (unpaired) electrons. The van der Waals surface area contributed by atoms with Crippen molar-refractivity contribution in [2.75, 3.05) is 11.9 Å². The first kappa shape index (κ1) is 32.3. The van der Waals surface area contributed by atoms with E-state index in [-0.39, 0.29) is 11.8 Å². The van der Waals surface area contributed by atoms with E-state index in [4.69, 9.17) is 9.47 Å². The van der Waals surface area contributed by atoms with Crippen molar-refractivity contribution in [3.8, 4) is 34.3 Å². The lowest BCUT2D eigenvalue weighted by atomic mass is 9.89. The molecule has 0 bridgehead atoms. The number of anilines is 1. The highest BCUT2D eigenvalue weighted by Crippen LogP contribution is 2.49. The third-order valence-electron chi connectivity index (χ3n) is 7.99. The molecular weight excluding hydrogens is 619 g/mol. The van der Waals surface area contributed by atoms with Gasteiger partial charge in [-0.25, -0.2) is 4.98 Å². The number of amides is 2. The number of para-hydroxylation sites is 2. The molecule has 0 aliphatic heterocycles. The minimum Gasteiger partial charge on any atom is -0.457 e. The number of aryl methyl sites for hydroxylation is 1. The zero-order chi connectivity index (χ0) is 33.8. The molecular formula is C38H32F3N3O4. The molecule has 1 aliphatic rings. The van der Waals surface area contributed by atoms with Crippen LogP contribution in [0.2, 0.25) is 0 Å². The molecule has 2 N–H and O–H groups in total. The van der Waals surface area contributed by atoms with Gasteiger partial charge in [0.25, 0.3) is 5.91 Å². The maximum atomic E-state index is 13.3. The summed E-state index contributed by atoms with van der Waals surface area (Å²) in [7, 11) is 0. The van der Waals surface area contributed by atoms with Gasteiger partial charge in [0.1, 0.15) is 23.8 Å². The number of hydrogen-bond acceptors (Lipinski definition) is 5. The van der Waals surface area contributed by atoms with E-state index in [2.05, 4.69) is 15.6 Å². The molecule has 0 spiro atoms. The minimum absolute atomic E-state index is 0.284. The molecule has 48 heavy (non-hydrogen) atoms. The summed E-state index contributed by atoms with van der Waals surface area (Å²) in [6.45, 7) is 2.35. The van der Waals surface area contributed by atoms with E-state index < -0.39 is 24.5 Å². The highest BCUT2D eigenvalue weighted by atomic mass is 19.4. The number of nitrogens with zero attached hydrogens (tertiary/aromatic N) is 1. The maximum absolute atomic E-state index is 13.3. The van der Waals surface area contributed by atoms with Gasteiger partial charge in [0.2, 0.25) is 11.8 Å². The van der Waals surface area contributed by atoms with Crippen LogP contribution < -0.4 is 20.1 Å². The van der Waals surface area contributed by atoms with Crippen LogP contribution in [0.1, 0.15) is 51.9 Å². The summed E-state index contributed by atoms with van der Waals surface area (Å²) in [6, 6.07) is 28.7. The first-order valence-corrected chi connectivity index (χ1v) is 15.5. The first-order valence-electron chi connectivity index (χ1n) is 15.5. The van der Waals surface area contributed by atoms with Gasteiger partial charge in [-0.3, -0.25) is 9.59 Å². The number of hydrogen-bond donors (Lipinski definition) is 2. The minimum atomic E-state index is -4.54. The predicted octanol–water partition coefficient (Wildman–Crippen LogP) is 8.97. The van der Waals surface area contributed by atoms with Crippen LogP contribution in [-0.2, 0) is 11.2 Å². The van der Waals surface area contributed by atoms with Crippen molar-refractivity contribution in [3.05, 3.63) is 131 Å². The van der Waals surface area contributed by atoms with Crippen LogP contribution in [0.5, 0.6) is 23.1 Å². The summed E-state index contributed by atoms with van der Waals surface area (Å²) in [5.74, 6) is -0.290. The van der Waals surface area contributed by atoms with E-state index in [1.807, 2.05) is 43.3 Å². The van der Waals surface area contributed by atoms with E-state index in [1.54, 1.807) is 67.6 Å². The number of alkyl halides is 3. The zero-order valence-corrected chi connectivity index (χ0v) is 26.2. The summed E-state index contributed by atoms with van der Waals surface area (Å²) in [6.07, 6.45) is -1.83. The third-order valence-corrected chi connectivity index (χ3v) is 7.99. The van der Waals surface area contributed by atoms with E-state index in [0.717, 1.165) is 16.7 Å². The number of fused-ring (bicyclic) bond motifs is 3. The molecule has 7 nitrogen and oxygen atoms in total. The average Bonchev–Trinajstić information content (AvgIpc) is 3.41. The van der Waals surface area contributed by atoms with Crippen molar-refractivity contribution in [2.24, 2.45) is 0 Å². The largest absolute Gasteiger partial charge is 0.457 e. The molecule has 0 saturated heterocycles. The van der Waals surface area contributed by atoms with Crippen LogP contribution in [-0.4, -0.2) is 29.5 Å². The second-order valence-corrected chi connectivity index (χ2v) is 11.4. The lowest BCUT2D eigenvalue weighted by Crippen LogP contribution is -2.37. The summed E-state index contributed by atoms with van der Waals surface area (Å²) >= 11 is 0. The van der Waals surface area contributed by atoms with Crippen molar-refractivity contribution in [1.29, 1.82) is 0 Å². The van der Waals surface area contributed by atoms with Gasteiger partial charge in [-0.1, -0.05) is 74.0 Å². The van der Waals surface area contributed by atoms with Crippen LogP contribution in [0.3, 0.4) is 0 Å². The van der Waals surface area contributed by atoms with Crippen LogP contribution in [0.4, 0.5) is 18.9 Å². The summed E-state index contributed by atoms with van der Waals surface area (Å²) in [4.78, 5) is 31.1. The molecule has 4 aromatic carbocycles. The molecule has 10 heteroatoms. The zero-order valence-electron chi connectivity index (χ0n) is 26.2. The molecule has 244 valence electrons. The molecule has 6 rings (SSSR count). The van der Waals surface area contributed by atoms with Gasteiger partial charge >= 0.3 is 6.18 Å².